The Morgan fingerprint density at radius 3 is 2.49 bits per heavy atom. The van der Waals surface area contributed by atoms with E-state index in [4.69, 9.17) is 11.1 Å². The van der Waals surface area contributed by atoms with Crippen LogP contribution in [0.4, 0.5) is 0 Å². The Kier molecular flexibility index (Phi) is 8.25. The standard InChI is InChI=1S/C29H43N7O/c30-26(31)20-35(21-27-32-13-14-33-27)19-24-6-8-25(9-7-24)28(37)36-17-12-29(22-36)10-15-34(16-11-29)18-23-4-2-1-3-5-23/h6-9,13-14,23H,1-5,10-12,15-22H2,(H3,30,31)(H,32,33). The second-order valence-corrected chi connectivity index (χ2v) is 11.7. The van der Waals surface area contributed by atoms with Crippen molar-refractivity contribution in [2.45, 2.75) is 64.5 Å². The number of H-pyrrole nitrogens is 1. The van der Waals surface area contributed by atoms with E-state index >= 15 is 0 Å². The summed E-state index contributed by atoms with van der Waals surface area (Å²) in [6.07, 6.45) is 14.2. The van der Waals surface area contributed by atoms with Gasteiger partial charge >= 0.3 is 0 Å². The molecule has 200 valence electrons. The molecular formula is C29H43N7O. The molecule has 1 saturated carbocycles. The Labute approximate surface area is 221 Å². The molecule has 3 fully saturated rings. The van der Waals surface area contributed by atoms with Crippen molar-refractivity contribution in [3.8, 4) is 0 Å². The number of amidine groups is 1. The second-order valence-electron chi connectivity index (χ2n) is 11.7. The molecule has 4 N–H and O–H groups in total. The lowest BCUT2D eigenvalue weighted by molar-refractivity contribution is 0.0692. The van der Waals surface area contributed by atoms with Crippen LogP contribution in [0.15, 0.2) is 36.7 Å². The van der Waals surface area contributed by atoms with E-state index in [9.17, 15) is 4.79 Å². The number of imidazole rings is 1. The monoisotopic (exact) mass is 505 g/mol. The predicted octanol–water partition coefficient (Wildman–Crippen LogP) is 3.86. The lowest BCUT2D eigenvalue weighted by Gasteiger charge is -2.41. The van der Waals surface area contributed by atoms with Crippen molar-refractivity contribution in [2.75, 3.05) is 39.3 Å². The molecule has 8 nitrogen and oxygen atoms in total. The molecule has 1 aliphatic carbocycles. The molecule has 0 atom stereocenters. The fourth-order valence-corrected chi connectivity index (χ4v) is 6.66. The summed E-state index contributed by atoms with van der Waals surface area (Å²) in [5, 5.41) is 7.71. The smallest absolute Gasteiger partial charge is 0.253 e. The van der Waals surface area contributed by atoms with Crippen molar-refractivity contribution in [1.29, 1.82) is 5.41 Å². The van der Waals surface area contributed by atoms with Crippen LogP contribution in [0.5, 0.6) is 0 Å². The Bertz CT molecular complexity index is 1020. The average molecular weight is 506 g/mol. The van der Waals surface area contributed by atoms with Crippen molar-refractivity contribution in [1.82, 2.24) is 24.7 Å². The predicted molar refractivity (Wildman–Crippen MR) is 146 cm³/mol. The van der Waals surface area contributed by atoms with Crippen LogP contribution in [0.2, 0.25) is 0 Å². The maximum absolute atomic E-state index is 13.3. The number of aromatic nitrogens is 2. The highest BCUT2D eigenvalue weighted by molar-refractivity contribution is 5.94. The topological polar surface area (TPSA) is 105 Å². The summed E-state index contributed by atoms with van der Waals surface area (Å²) in [4.78, 5) is 27.6. The maximum atomic E-state index is 13.3. The number of nitrogens with two attached hydrogens (primary N) is 1. The van der Waals surface area contributed by atoms with Crippen molar-refractivity contribution in [2.24, 2.45) is 17.1 Å². The van der Waals surface area contributed by atoms with Gasteiger partial charge < -0.3 is 20.5 Å². The maximum Gasteiger partial charge on any atom is 0.253 e. The number of aromatic amines is 1. The molecule has 2 saturated heterocycles. The summed E-state index contributed by atoms with van der Waals surface area (Å²) in [7, 11) is 0. The molecule has 8 heteroatoms. The number of nitrogens with one attached hydrogen (secondary N) is 2. The van der Waals surface area contributed by atoms with Gasteiger partial charge in [0.15, 0.2) is 0 Å². The average Bonchev–Trinajstić information content (AvgIpc) is 3.56. The number of amides is 1. The molecule has 0 radical (unpaired) electrons. The summed E-state index contributed by atoms with van der Waals surface area (Å²) in [6, 6.07) is 7.96. The van der Waals surface area contributed by atoms with Gasteiger partial charge in [-0.3, -0.25) is 15.1 Å². The van der Waals surface area contributed by atoms with E-state index < -0.39 is 0 Å². The van der Waals surface area contributed by atoms with E-state index in [-0.39, 0.29) is 11.7 Å². The first-order valence-electron chi connectivity index (χ1n) is 14.1. The van der Waals surface area contributed by atoms with Crippen molar-refractivity contribution in [3.63, 3.8) is 0 Å². The third-order valence-corrected chi connectivity index (χ3v) is 8.81. The van der Waals surface area contributed by atoms with Crippen LogP contribution >= 0.6 is 0 Å². The lowest BCUT2D eigenvalue weighted by atomic mass is 9.77. The molecule has 3 aliphatic rings. The zero-order valence-electron chi connectivity index (χ0n) is 22.1. The minimum atomic E-state index is 0.126. The molecule has 1 aromatic carbocycles. The fourth-order valence-electron chi connectivity index (χ4n) is 6.66. The van der Waals surface area contributed by atoms with Crippen LogP contribution in [0.1, 0.15) is 73.1 Å². The summed E-state index contributed by atoms with van der Waals surface area (Å²) >= 11 is 0. The third kappa shape index (κ3) is 6.79. The van der Waals surface area contributed by atoms with Gasteiger partial charge in [-0.25, -0.2) is 4.98 Å². The fraction of sp³-hybridized carbons (Fsp3) is 0.621. The highest BCUT2D eigenvalue weighted by Crippen LogP contribution is 2.41. The van der Waals surface area contributed by atoms with Crippen LogP contribution < -0.4 is 5.73 Å². The zero-order valence-corrected chi connectivity index (χ0v) is 22.1. The van der Waals surface area contributed by atoms with E-state index in [0.29, 0.717) is 25.0 Å². The van der Waals surface area contributed by atoms with Gasteiger partial charge in [-0.2, -0.15) is 0 Å². The number of rotatable bonds is 9. The second kappa shape index (κ2) is 11.8. The van der Waals surface area contributed by atoms with E-state index in [1.54, 1.807) is 12.4 Å². The number of carbonyl (C=O) groups excluding carboxylic acids is 1. The first kappa shape index (κ1) is 25.9. The van der Waals surface area contributed by atoms with Crippen LogP contribution in [-0.4, -0.2) is 75.7 Å². The minimum absolute atomic E-state index is 0.126. The highest BCUT2D eigenvalue weighted by atomic mass is 16.2. The van der Waals surface area contributed by atoms with Gasteiger partial charge in [0.05, 0.1) is 13.1 Å². The number of piperidine rings is 1. The van der Waals surface area contributed by atoms with E-state index in [0.717, 1.165) is 42.4 Å². The molecule has 1 aromatic heterocycles. The van der Waals surface area contributed by atoms with Crippen LogP contribution in [-0.2, 0) is 13.1 Å². The zero-order chi connectivity index (χ0) is 25.7. The Hall–Kier alpha value is -2.71. The Balaban J connectivity index is 1.12. The minimum Gasteiger partial charge on any atom is -0.387 e. The molecule has 1 amide bonds. The highest BCUT2D eigenvalue weighted by Gasteiger charge is 2.42. The van der Waals surface area contributed by atoms with Crippen molar-refractivity contribution < 1.29 is 4.79 Å². The van der Waals surface area contributed by atoms with Crippen LogP contribution in [0.3, 0.4) is 0 Å². The normalized spacial score (nSPS) is 20.6. The molecule has 2 aliphatic heterocycles. The van der Waals surface area contributed by atoms with Gasteiger partial charge in [-0.15, -0.1) is 0 Å². The summed E-state index contributed by atoms with van der Waals surface area (Å²) in [5.74, 6) is 2.04. The first-order valence-corrected chi connectivity index (χ1v) is 14.1. The van der Waals surface area contributed by atoms with Gasteiger partial charge in [-0.05, 0) is 74.2 Å². The molecule has 2 aromatic rings. The molecule has 3 heterocycles. The molecular weight excluding hydrogens is 462 g/mol. The number of benzene rings is 1. The summed E-state index contributed by atoms with van der Waals surface area (Å²) in [6.45, 7) is 7.05. The number of hydrogen-bond donors (Lipinski definition) is 3. The third-order valence-electron chi connectivity index (χ3n) is 8.81. The number of nitrogens with zero attached hydrogens (tertiary/aromatic N) is 4. The molecule has 37 heavy (non-hydrogen) atoms. The van der Waals surface area contributed by atoms with Gasteiger partial charge in [0, 0.05) is 44.1 Å². The quantitative estimate of drug-likeness (QED) is 0.355. The largest absolute Gasteiger partial charge is 0.387 e. The first-order chi connectivity index (χ1) is 18.0. The van der Waals surface area contributed by atoms with E-state index in [1.165, 1.54) is 64.6 Å². The number of likely N-dealkylation sites (tertiary alicyclic amines) is 2. The molecule has 0 unspecified atom stereocenters. The lowest BCUT2D eigenvalue weighted by Crippen LogP contribution is -2.44. The number of carbonyl (C=O) groups is 1. The summed E-state index contributed by atoms with van der Waals surface area (Å²) in [5.41, 5.74) is 7.85. The molecule has 1 spiro atoms. The summed E-state index contributed by atoms with van der Waals surface area (Å²) < 4.78 is 0. The van der Waals surface area contributed by atoms with Gasteiger partial charge in [0.25, 0.3) is 5.91 Å². The van der Waals surface area contributed by atoms with Gasteiger partial charge in [0.2, 0.25) is 0 Å². The van der Waals surface area contributed by atoms with Gasteiger partial charge in [-0.1, -0.05) is 31.4 Å². The number of hydrogen-bond acceptors (Lipinski definition) is 5. The molecule has 0 bridgehead atoms. The van der Waals surface area contributed by atoms with E-state index in [1.807, 2.05) is 24.3 Å². The van der Waals surface area contributed by atoms with Gasteiger partial charge in [0.1, 0.15) is 11.7 Å². The SMILES string of the molecule is N=C(N)CN(Cc1ccc(C(=O)N2CCC3(CCN(CC4CCCCC4)CC3)C2)cc1)Cc1ncc[nH]1. The van der Waals surface area contributed by atoms with Crippen molar-refractivity contribution >= 4 is 11.7 Å². The van der Waals surface area contributed by atoms with Crippen LogP contribution in [0, 0.1) is 16.7 Å². The van der Waals surface area contributed by atoms with E-state index in [2.05, 4.69) is 24.7 Å². The van der Waals surface area contributed by atoms with Crippen molar-refractivity contribution in [3.05, 3.63) is 53.6 Å². The molecule has 5 rings (SSSR count). The Morgan fingerprint density at radius 2 is 1.81 bits per heavy atom. The Morgan fingerprint density at radius 1 is 1.08 bits per heavy atom. The van der Waals surface area contributed by atoms with Crippen LogP contribution in [0.25, 0.3) is 0 Å².